The molecule has 4 aromatic carbocycles. The summed E-state index contributed by atoms with van der Waals surface area (Å²) >= 11 is 0. The summed E-state index contributed by atoms with van der Waals surface area (Å²) in [5.41, 5.74) is 4.42. The third-order valence-corrected chi connectivity index (χ3v) is 22.5. The maximum atomic E-state index is 14.5. The average molecular weight is 1600 g/mol. The Morgan fingerprint density at radius 3 is 1.70 bits per heavy atom. The number of aliphatic hydroxyl groups is 1. The molecule has 9 rings (SSSR count). The maximum absolute atomic E-state index is 14.5. The summed E-state index contributed by atoms with van der Waals surface area (Å²) in [5.74, 6) is 1.35. The molecule has 6 amide bonds. The van der Waals surface area contributed by atoms with E-state index in [1.54, 1.807) is 74.6 Å². The van der Waals surface area contributed by atoms with E-state index in [4.69, 9.17) is 33.2 Å². The van der Waals surface area contributed by atoms with Crippen molar-refractivity contribution in [2.45, 2.75) is 189 Å². The number of ether oxygens (including phenoxy) is 7. The number of aliphatic hydroxyl groups excluding tert-OH is 1. The minimum absolute atomic E-state index is 0.00630. The number of carbonyl (C=O) groups is 7. The van der Waals surface area contributed by atoms with Gasteiger partial charge in [0, 0.05) is 165 Å². The molecule has 1 saturated carbocycles. The van der Waals surface area contributed by atoms with Crippen molar-refractivity contribution in [1.82, 2.24) is 51.5 Å². The van der Waals surface area contributed by atoms with E-state index in [0.717, 1.165) is 98.7 Å². The molecule has 0 bridgehead atoms. The van der Waals surface area contributed by atoms with Crippen LogP contribution in [0.5, 0.6) is 17.2 Å². The van der Waals surface area contributed by atoms with Crippen LogP contribution in [0.3, 0.4) is 0 Å². The first-order chi connectivity index (χ1) is 54.9. The molecule has 115 heavy (non-hydrogen) atoms. The lowest BCUT2D eigenvalue weighted by Crippen LogP contribution is -2.61. The van der Waals surface area contributed by atoms with Crippen LogP contribution < -0.4 is 46.1 Å². The van der Waals surface area contributed by atoms with Gasteiger partial charge in [-0.25, -0.2) is 0 Å². The lowest BCUT2D eigenvalue weighted by atomic mass is 9.80. The molecule has 5 fully saturated rings. The van der Waals surface area contributed by atoms with Crippen LogP contribution in [0.1, 0.15) is 185 Å². The van der Waals surface area contributed by atoms with Crippen molar-refractivity contribution in [3.05, 3.63) is 123 Å². The molecule has 1 aliphatic carbocycles. The number of nitrogens with one attached hydrogen (secondary N) is 6. The Hall–Kier alpha value is -7.79. The van der Waals surface area contributed by atoms with Gasteiger partial charge in [-0.3, -0.25) is 33.6 Å². The van der Waals surface area contributed by atoms with Crippen LogP contribution in [0.25, 0.3) is 0 Å². The fraction of sp³-hybridized carbons (Fsp3) is 0.652. The second-order valence-electron chi connectivity index (χ2n) is 33.6. The Kier molecular flexibility index (Phi) is 38.1. The minimum atomic E-state index is -1.27. The number of nitrogens with zero attached hydrogens (tertiary/aromatic N) is 4. The fourth-order valence-corrected chi connectivity index (χ4v) is 16.3. The SMILES string of the molecule is CNC[C@H]1CNC[C@H]1CN(C(=O)c1ccc(C)c(OCCCOC)c1)C(C)C.COCCCOc1c(C)ccc(C(=O)NC(C)C)c1C[C@@H]1CNC[C@H]1CN(C(=O)CC(C)(C)NC(C)=O)C1CC1.COCCCOc1cc(C(=O)N(C(C)C)C2(C[C@@H]3CNC[C@H]3CN(C)C(=O)[C@@H](O)c3ccccc3)CC(C(=O)O)CCO2)ccc1C. The van der Waals surface area contributed by atoms with Gasteiger partial charge in [0.05, 0.1) is 32.3 Å². The van der Waals surface area contributed by atoms with E-state index in [1.807, 2.05) is 122 Å². The number of likely N-dealkylation sites (N-methyl/N-ethyl adjacent to an activating group) is 1. The number of rotatable bonds is 41. The third kappa shape index (κ3) is 28.2. The highest BCUT2D eigenvalue weighted by Crippen LogP contribution is 2.43. The monoisotopic (exact) mass is 1600 g/mol. The molecule has 9 atom stereocenters. The van der Waals surface area contributed by atoms with Crippen LogP contribution in [0.2, 0.25) is 0 Å². The van der Waals surface area contributed by atoms with E-state index < -0.39 is 35.2 Å². The second-order valence-corrected chi connectivity index (χ2v) is 33.6. The zero-order valence-corrected chi connectivity index (χ0v) is 71.9. The number of carboxylic acid groups (broad SMARTS) is 1. The van der Waals surface area contributed by atoms with E-state index in [1.165, 1.54) is 6.92 Å². The topological polar surface area (TPSA) is 310 Å². The zero-order chi connectivity index (χ0) is 84.1. The number of hydrogen-bond donors (Lipinski definition) is 8. The highest BCUT2D eigenvalue weighted by molar-refractivity contribution is 5.97. The summed E-state index contributed by atoms with van der Waals surface area (Å²) in [6, 6.07) is 24.0. The summed E-state index contributed by atoms with van der Waals surface area (Å²) in [7, 11) is 8.68. The Morgan fingerprint density at radius 1 is 0.635 bits per heavy atom. The fourth-order valence-electron chi connectivity index (χ4n) is 16.3. The zero-order valence-electron chi connectivity index (χ0n) is 71.9. The number of benzene rings is 4. The van der Waals surface area contributed by atoms with Crippen molar-refractivity contribution in [3.63, 3.8) is 0 Å². The largest absolute Gasteiger partial charge is 0.493 e. The molecule has 4 heterocycles. The molecule has 5 aliphatic rings. The van der Waals surface area contributed by atoms with Crippen molar-refractivity contribution in [1.29, 1.82) is 0 Å². The predicted octanol–water partition coefficient (Wildman–Crippen LogP) is 9.42. The molecular formula is C89H138N10O16. The van der Waals surface area contributed by atoms with Gasteiger partial charge in [0.1, 0.15) is 23.0 Å². The van der Waals surface area contributed by atoms with Crippen molar-refractivity contribution in [2.24, 2.45) is 41.4 Å². The van der Waals surface area contributed by atoms with Crippen molar-refractivity contribution in [3.8, 4) is 17.2 Å². The molecule has 26 nitrogen and oxygen atoms in total. The molecule has 4 saturated heterocycles. The van der Waals surface area contributed by atoms with Crippen LogP contribution in [-0.2, 0) is 44.5 Å². The van der Waals surface area contributed by atoms with Gasteiger partial charge in [0.2, 0.25) is 11.8 Å². The van der Waals surface area contributed by atoms with Gasteiger partial charge >= 0.3 is 5.97 Å². The number of methoxy groups -OCH3 is 3. The van der Waals surface area contributed by atoms with Gasteiger partial charge in [-0.1, -0.05) is 48.5 Å². The van der Waals surface area contributed by atoms with E-state index in [-0.39, 0.29) is 96.8 Å². The van der Waals surface area contributed by atoms with Crippen LogP contribution in [0.15, 0.2) is 78.9 Å². The first-order valence-corrected chi connectivity index (χ1v) is 41.7. The standard InChI is InChI=1S/C36H51N3O8.C31H50N4O5.C22H37N3O3/c1-24(2)39(33(41)27-13-12-25(3)31(18-27)46-16-9-15-45-5)36(19-28(35(43)44)14-17-47-36)20-29-21-37-22-30(29)23-38(4)34(42)32(40)26-10-7-6-8-11-26;1-20(2)33-30(38)26-12-9-21(3)29(40-14-8-13-39-7)27(26)15-23-17-32-18-24(23)19-35(25-10-11-25)28(37)16-31(5,6)34-22(4)36;1-16(2)25(15-20-14-24-13-19(20)12-23-4)22(26)18-8-7-17(3)21(11-18)28-10-6-9-27-5/h6-8,10-13,18,24,28-30,32,37,40H,9,14-17,19-23H2,1-5H3,(H,43,44);9,12,20,23-25,32H,8,10-11,13-19H2,1-7H3,(H,33,38)(H,34,36);7-8,11,16,19-20,23-24H,6,9-10,12-15H2,1-5H3/t28?,29-,30+,32+,36?;23-,24+;19-,20-/m110/s1. The summed E-state index contributed by atoms with van der Waals surface area (Å²) in [4.78, 5) is 99.0. The maximum Gasteiger partial charge on any atom is 0.306 e. The Morgan fingerprint density at radius 2 is 1.17 bits per heavy atom. The smallest absolute Gasteiger partial charge is 0.306 e. The second kappa shape index (κ2) is 46.4. The molecule has 4 aromatic rings. The number of aryl methyl sites for hydroxylation is 3. The molecule has 26 heteroatoms. The van der Waals surface area contributed by atoms with E-state index in [0.29, 0.717) is 131 Å². The first kappa shape index (κ1) is 94.4. The van der Waals surface area contributed by atoms with Gasteiger partial charge in [-0.05, 0) is 243 Å². The van der Waals surface area contributed by atoms with E-state index in [9.17, 15) is 43.8 Å². The highest BCUT2D eigenvalue weighted by Gasteiger charge is 2.51. The van der Waals surface area contributed by atoms with Crippen molar-refractivity contribution >= 4 is 41.4 Å². The van der Waals surface area contributed by atoms with Crippen molar-refractivity contribution < 1.29 is 76.9 Å². The summed E-state index contributed by atoms with van der Waals surface area (Å²) in [6.45, 7) is 34.4. The molecule has 0 aromatic heterocycles. The molecule has 0 spiro atoms. The van der Waals surface area contributed by atoms with E-state index in [2.05, 4.69) is 45.7 Å². The average Bonchev–Trinajstić information content (AvgIpc) is 1.74. The van der Waals surface area contributed by atoms with Gasteiger partial charge in [-0.15, -0.1) is 0 Å². The molecule has 640 valence electrons. The Balaban J connectivity index is 0.000000246. The highest BCUT2D eigenvalue weighted by atomic mass is 16.5. The Labute approximate surface area is 684 Å². The number of amides is 6. The summed E-state index contributed by atoms with van der Waals surface area (Å²) in [6.07, 6.45) is 4.95. The lowest BCUT2D eigenvalue weighted by Gasteiger charge is -2.51. The van der Waals surface area contributed by atoms with Crippen LogP contribution in [-0.4, -0.2) is 254 Å². The number of carboxylic acids is 1. The molecular weight excluding hydrogens is 1470 g/mol. The third-order valence-electron chi connectivity index (χ3n) is 22.5. The van der Waals surface area contributed by atoms with E-state index >= 15 is 0 Å². The van der Waals surface area contributed by atoms with Crippen LogP contribution >= 0.6 is 0 Å². The normalized spacial score (nSPS) is 20.8. The Bertz CT molecular complexity index is 3750. The van der Waals surface area contributed by atoms with Crippen molar-refractivity contribution in [2.75, 3.05) is 147 Å². The quantitative estimate of drug-likeness (QED) is 0.0192. The first-order valence-electron chi connectivity index (χ1n) is 41.7. The summed E-state index contributed by atoms with van der Waals surface area (Å²) in [5, 5.41) is 40.5. The predicted molar refractivity (Wildman–Crippen MR) is 447 cm³/mol. The molecule has 2 unspecified atom stereocenters. The number of carbonyl (C=O) groups excluding carboxylic acids is 6. The van der Waals surface area contributed by atoms with Gasteiger partial charge in [0.25, 0.3) is 23.6 Å². The minimum Gasteiger partial charge on any atom is -0.493 e. The molecule has 0 radical (unpaired) electrons. The van der Waals surface area contributed by atoms with Gasteiger partial charge < -0.3 is 94.9 Å². The van der Waals surface area contributed by atoms with Gasteiger partial charge in [-0.2, -0.15) is 0 Å². The molecule has 8 N–H and O–H groups in total. The molecule has 4 aliphatic heterocycles. The number of hydrogen-bond acceptors (Lipinski definition) is 19. The van der Waals surface area contributed by atoms with Gasteiger partial charge in [0.15, 0.2) is 6.10 Å². The summed E-state index contributed by atoms with van der Waals surface area (Å²) < 4.78 is 40.1. The lowest BCUT2D eigenvalue weighted by molar-refractivity contribution is -0.201. The van der Waals surface area contributed by atoms with Crippen LogP contribution in [0.4, 0.5) is 0 Å². The van der Waals surface area contributed by atoms with Crippen LogP contribution in [0, 0.1) is 62.2 Å². The number of aliphatic carboxylic acids is 1.